The van der Waals surface area contributed by atoms with Crippen LogP contribution in [-0.2, 0) is 16.0 Å². The largest absolute Gasteiger partial charge is 0.347 e. The number of aromatic nitrogens is 2. The second-order valence-corrected chi connectivity index (χ2v) is 6.63. The SMILES string of the molecule is O=CNC(Cc1cscn1)C(=O)Nc1nc(-c2ccc(F)cc2)cs1. The maximum atomic E-state index is 13.0. The third-order valence-electron chi connectivity index (χ3n) is 3.36. The Bertz CT molecular complexity index is 849. The molecule has 1 unspecified atom stereocenters. The lowest BCUT2D eigenvalue weighted by Gasteiger charge is -2.13. The number of nitrogens with one attached hydrogen (secondary N) is 2. The van der Waals surface area contributed by atoms with Gasteiger partial charge in [-0.3, -0.25) is 9.59 Å². The number of hydrogen-bond donors (Lipinski definition) is 2. The molecule has 6 nitrogen and oxygen atoms in total. The summed E-state index contributed by atoms with van der Waals surface area (Å²) in [6.07, 6.45) is 0.784. The molecule has 0 saturated heterocycles. The van der Waals surface area contributed by atoms with Gasteiger partial charge in [0.05, 0.1) is 16.9 Å². The molecule has 2 N–H and O–H groups in total. The van der Waals surface area contributed by atoms with Gasteiger partial charge in [-0.25, -0.2) is 14.4 Å². The Balaban J connectivity index is 1.68. The first-order valence-corrected chi connectivity index (χ1v) is 9.07. The van der Waals surface area contributed by atoms with E-state index in [2.05, 4.69) is 20.6 Å². The fraction of sp³-hybridized carbons (Fsp3) is 0.125. The Kier molecular flexibility index (Phi) is 5.46. The lowest BCUT2D eigenvalue weighted by atomic mass is 10.1. The molecule has 2 heterocycles. The summed E-state index contributed by atoms with van der Waals surface area (Å²) >= 11 is 2.68. The van der Waals surface area contributed by atoms with Gasteiger partial charge in [0.15, 0.2) is 5.13 Å². The molecule has 0 bridgehead atoms. The molecule has 128 valence electrons. The van der Waals surface area contributed by atoms with E-state index in [1.54, 1.807) is 23.0 Å². The van der Waals surface area contributed by atoms with Crippen molar-refractivity contribution in [3.05, 3.63) is 52.0 Å². The highest BCUT2D eigenvalue weighted by atomic mass is 32.1. The van der Waals surface area contributed by atoms with Crippen molar-refractivity contribution in [2.24, 2.45) is 0 Å². The summed E-state index contributed by atoms with van der Waals surface area (Å²) in [7, 11) is 0. The van der Waals surface area contributed by atoms with Crippen LogP contribution in [0.5, 0.6) is 0 Å². The third-order valence-corrected chi connectivity index (χ3v) is 4.75. The first kappa shape index (κ1) is 17.2. The van der Waals surface area contributed by atoms with Crippen molar-refractivity contribution < 1.29 is 14.0 Å². The standard InChI is InChI=1S/C16H13FN4O2S2/c17-11-3-1-10(2-4-11)14-7-25-16(20-14)21-15(23)13(18-8-22)5-12-6-24-9-19-12/h1-4,6-9,13H,5H2,(H,18,22)(H,20,21,23). The van der Waals surface area contributed by atoms with Crippen molar-refractivity contribution in [2.75, 3.05) is 5.32 Å². The zero-order valence-electron chi connectivity index (χ0n) is 12.8. The van der Waals surface area contributed by atoms with Crippen LogP contribution in [0.15, 0.2) is 40.5 Å². The average Bonchev–Trinajstić information content (AvgIpc) is 3.27. The molecule has 1 aromatic carbocycles. The van der Waals surface area contributed by atoms with E-state index >= 15 is 0 Å². The molecule has 1 atom stereocenters. The molecule has 0 saturated carbocycles. The van der Waals surface area contributed by atoms with Gasteiger partial charge in [-0.2, -0.15) is 0 Å². The van der Waals surface area contributed by atoms with E-state index in [1.165, 1.54) is 34.8 Å². The minimum absolute atomic E-state index is 0.296. The van der Waals surface area contributed by atoms with Gasteiger partial charge in [-0.15, -0.1) is 22.7 Å². The highest BCUT2D eigenvalue weighted by molar-refractivity contribution is 7.14. The Labute approximate surface area is 150 Å². The van der Waals surface area contributed by atoms with Crippen molar-refractivity contribution in [3.8, 4) is 11.3 Å². The number of carbonyl (C=O) groups is 2. The molecular weight excluding hydrogens is 363 g/mol. The Morgan fingerprint density at radius 1 is 1.28 bits per heavy atom. The Morgan fingerprint density at radius 2 is 2.08 bits per heavy atom. The Hall–Kier alpha value is -2.65. The van der Waals surface area contributed by atoms with Crippen LogP contribution in [0.3, 0.4) is 0 Å². The smallest absolute Gasteiger partial charge is 0.249 e. The summed E-state index contributed by atoms with van der Waals surface area (Å²) in [5.41, 5.74) is 3.79. The summed E-state index contributed by atoms with van der Waals surface area (Å²) in [5.74, 6) is -0.697. The summed E-state index contributed by atoms with van der Waals surface area (Å²) in [4.78, 5) is 31.6. The molecule has 0 aliphatic rings. The van der Waals surface area contributed by atoms with Gasteiger partial charge in [0.25, 0.3) is 0 Å². The number of amides is 2. The van der Waals surface area contributed by atoms with Crippen molar-refractivity contribution in [1.29, 1.82) is 0 Å². The van der Waals surface area contributed by atoms with E-state index in [0.717, 1.165) is 11.3 Å². The summed E-state index contributed by atoms with van der Waals surface area (Å²) in [6.45, 7) is 0. The first-order valence-electron chi connectivity index (χ1n) is 7.25. The zero-order valence-corrected chi connectivity index (χ0v) is 14.4. The van der Waals surface area contributed by atoms with Gasteiger partial charge in [0.1, 0.15) is 11.9 Å². The molecule has 0 radical (unpaired) electrons. The van der Waals surface area contributed by atoms with Crippen molar-refractivity contribution in [1.82, 2.24) is 15.3 Å². The molecule has 0 aliphatic heterocycles. The van der Waals surface area contributed by atoms with E-state index in [9.17, 15) is 14.0 Å². The van der Waals surface area contributed by atoms with Crippen molar-refractivity contribution in [2.45, 2.75) is 12.5 Å². The summed E-state index contributed by atoms with van der Waals surface area (Å²) in [5, 5.41) is 9.18. The number of halogens is 1. The van der Waals surface area contributed by atoms with E-state index < -0.39 is 6.04 Å². The van der Waals surface area contributed by atoms with E-state index in [1.807, 2.05) is 5.38 Å². The van der Waals surface area contributed by atoms with E-state index in [4.69, 9.17) is 0 Å². The minimum Gasteiger partial charge on any atom is -0.347 e. The van der Waals surface area contributed by atoms with Crippen LogP contribution in [0.2, 0.25) is 0 Å². The van der Waals surface area contributed by atoms with Crippen LogP contribution < -0.4 is 10.6 Å². The van der Waals surface area contributed by atoms with Gasteiger partial charge >= 0.3 is 0 Å². The van der Waals surface area contributed by atoms with E-state index in [-0.39, 0.29) is 11.7 Å². The highest BCUT2D eigenvalue weighted by Gasteiger charge is 2.20. The number of carbonyl (C=O) groups excluding carboxylic acids is 2. The summed E-state index contributed by atoms with van der Waals surface area (Å²) in [6, 6.07) is 5.21. The first-order chi connectivity index (χ1) is 12.2. The topological polar surface area (TPSA) is 84.0 Å². The highest BCUT2D eigenvalue weighted by Crippen LogP contribution is 2.25. The second kappa shape index (κ2) is 7.95. The molecule has 2 amide bonds. The fourth-order valence-corrected chi connectivity index (χ4v) is 3.43. The monoisotopic (exact) mass is 376 g/mol. The molecule has 3 aromatic rings. The van der Waals surface area contributed by atoms with Crippen molar-refractivity contribution >= 4 is 40.1 Å². The third kappa shape index (κ3) is 4.46. The maximum absolute atomic E-state index is 13.0. The molecule has 25 heavy (non-hydrogen) atoms. The molecule has 3 rings (SSSR count). The van der Waals surface area contributed by atoms with Gasteiger partial charge < -0.3 is 10.6 Å². The number of anilines is 1. The molecule has 0 aliphatic carbocycles. The number of nitrogens with zero attached hydrogens (tertiary/aromatic N) is 2. The van der Waals surface area contributed by atoms with Crippen LogP contribution in [0.25, 0.3) is 11.3 Å². The number of rotatable bonds is 7. The van der Waals surface area contributed by atoms with Crippen LogP contribution in [0, 0.1) is 5.82 Å². The predicted octanol–water partition coefficient (Wildman–Crippen LogP) is 2.70. The predicted molar refractivity (Wildman–Crippen MR) is 94.9 cm³/mol. The molecule has 2 aromatic heterocycles. The van der Waals surface area contributed by atoms with Crippen LogP contribution in [0.4, 0.5) is 9.52 Å². The van der Waals surface area contributed by atoms with E-state index in [0.29, 0.717) is 23.7 Å². The molecule has 0 fully saturated rings. The minimum atomic E-state index is -0.738. The van der Waals surface area contributed by atoms with Gasteiger partial charge in [-0.1, -0.05) is 0 Å². The number of thiazole rings is 2. The summed E-state index contributed by atoms with van der Waals surface area (Å²) < 4.78 is 13.0. The average molecular weight is 376 g/mol. The quantitative estimate of drug-likeness (QED) is 0.621. The van der Waals surface area contributed by atoms with Crippen LogP contribution >= 0.6 is 22.7 Å². The number of benzene rings is 1. The number of hydrogen-bond acceptors (Lipinski definition) is 6. The van der Waals surface area contributed by atoms with Crippen LogP contribution in [-0.4, -0.2) is 28.3 Å². The zero-order chi connectivity index (χ0) is 17.6. The van der Waals surface area contributed by atoms with Gasteiger partial charge in [0, 0.05) is 22.7 Å². The normalized spacial score (nSPS) is 11.7. The lowest BCUT2D eigenvalue weighted by Crippen LogP contribution is -2.41. The molecule has 0 spiro atoms. The Morgan fingerprint density at radius 3 is 2.76 bits per heavy atom. The second-order valence-electron chi connectivity index (χ2n) is 5.06. The van der Waals surface area contributed by atoms with Crippen molar-refractivity contribution in [3.63, 3.8) is 0 Å². The fourth-order valence-electron chi connectivity index (χ4n) is 2.13. The molecule has 9 heteroatoms. The van der Waals surface area contributed by atoms with Gasteiger partial charge in [0.2, 0.25) is 12.3 Å². The van der Waals surface area contributed by atoms with Gasteiger partial charge in [-0.05, 0) is 24.3 Å². The molecular formula is C16H13FN4O2S2. The van der Waals surface area contributed by atoms with Crippen LogP contribution in [0.1, 0.15) is 5.69 Å². The lowest BCUT2D eigenvalue weighted by molar-refractivity contribution is -0.121. The maximum Gasteiger partial charge on any atom is 0.249 e.